The van der Waals surface area contributed by atoms with Crippen LogP contribution < -0.4 is 5.73 Å². The van der Waals surface area contributed by atoms with Crippen LogP contribution in [0.25, 0.3) is 0 Å². The number of rotatable bonds is 4. The van der Waals surface area contributed by atoms with Crippen molar-refractivity contribution < 1.29 is 19.5 Å². The first-order valence-electron chi connectivity index (χ1n) is 6.04. The minimum Gasteiger partial charge on any atom is -0.480 e. The molecule has 7 nitrogen and oxygen atoms in total. The van der Waals surface area contributed by atoms with Crippen LogP contribution in [-0.4, -0.2) is 59.0 Å². The summed E-state index contributed by atoms with van der Waals surface area (Å²) in [5.74, 6) is -1.86. The predicted octanol–water partition coefficient (Wildman–Crippen LogP) is -0.146. The zero-order chi connectivity index (χ0) is 13.5. The summed E-state index contributed by atoms with van der Waals surface area (Å²) in [6.45, 7) is 0.349. The second-order valence-corrected chi connectivity index (χ2v) is 4.40. The Morgan fingerprint density at radius 3 is 2.06 bits per heavy atom. The molecule has 0 atom stereocenters. The highest BCUT2D eigenvalue weighted by Crippen LogP contribution is 2.11. The van der Waals surface area contributed by atoms with Crippen LogP contribution in [0, 0.1) is 0 Å². The number of aliphatic carboxylic acids is 1. The molecule has 0 aromatic rings. The molecular weight excluding hydrogens is 238 g/mol. The smallest absolute Gasteiger partial charge is 0.323 e. The number of carboxylic acids is 1. The summed E-state index contributed by atoms with van der Waals surface area (Å²) in [4.78, 5) is 36.2. The van der Waals surface area contributed by atoms with Gasteiger partial charge in [0.2, 0.25) is 5.91 Å². The summed E-state index contributed by atoms with van der Waals surface area (Å²) in [5, 5.41) is 8.74. The SMILES string of the molecule is NC(=O)CN(CC(=O)O)C(=O)N1CCCCCC1. The fraction of sp³-hybridized carbons (Fsp3) is 0.727. The number of nitrogens with zero attached hydrogens (tertiary/aromatic N) is 2. The molecule has 1 rings (SSSR count). The molecular formula is C11H19N3O4. The van der Waals surface area contributed by atoms with Gasteiger partial charge in [0.15, 0.2) is 0 Å². The van der Waals surface area contributed by atoms with Crippen molar-refractivity contribution in [3.63, 3.8) is 0 Å². The van der Waals surface area contributed by atoms with E-state index in [-0.39, 0.29) is 6.54 Å². The molecule has 0 unspecified atom stereocenters. The molecule has 102 valence electrons. The molecule has 18 heavy (non-hydrogen) atoms. The van der Waals surface area contributed by atoms with Gasteiger partial charge in [0.1, 0.15) is 13.1 Å². The van der Waals surface area contributed by atoms with Gasteiger partial charge in [0, 0.05) is 13.1 Å². The zero-order valence-corrected chi connectivity index (χ0v) is 10.3. The van der Waals surface area contributed by atoms with Gasteiger partial charge in [-0.3, -0.25) is 9.59 Å². The van der Waals surface area contributed by atoms with E-state index in [1.165, 1.54) is 0 Å². The topological polar surface area (TPSA) is 104 Å². The van der Waals surface area contributed by atoms with E-state index in [4.69, 9.17) is 10.8 Å². The number of hydrogen-bond acceptors (Lipinski definition) is 3. The number of nitrogens with two attached hydrogens (primary N) is 1. The molecule has 0 aromatic carbocycles. The van der Waals surface area contributed by atoms with Gasteiger partial charge >= 0.3 is 12.0 Å². The van der Waals surface area contributed by atoms with Gasteiger partial charge in [-0.05, 0) is 12.8 Å². The Kier molecular flexibility index (Phi) is 5.41. The number of carbonyl (C=O) groups excluding carboxylic acids is 2. The third-order valence-electron chi connectivity index (χ3n) is 2.82. The minimum atomic E-state index is -1.15. The van der Waals surface area contributed by atoms with Gasteiger partial charge < -0.3 is 20.6 Å². The van der Waals surface area contributed by atoms with Gasteiger partial charge in [-0.25, -0.2) is 4.79 Å². The summed E-state index contributed by atoms with van der Waals surface area (Å²) < 4.78 is 0. The molecule has 0 radical (unpaired) electrons. The second-order valence-electron chi connectivity index (χ2n) is 4.40. The van der Waals surface area contributed by atoms with Gasteiger partial charge in [0.05, 0.1) is 0 Å². The van der Waals surface area contributed by atoms with Crippen LogP contribution in [0.4, 0.5) is 4.79 Å². The van der Waals surface area contributed by atoms with E-state index in [1.807, 2.05) is 0 Å². The standard InChI is InChI=1S/C11H19N3O4/c12-9(15)7-14(8-10(16)17)11(18)13-5-3-1-2-4-6-13/h1-8H2,(H2,12,15)(H,16,17). The Morgan fingerprint density at radius 1 is 1.06 bits per heavy atom. The third kappa shape index (κ3) is 4.60. The minimum absolute atomic E-state index is 0.359. The molecule has 0 spiro atoms. The fourth-order valence-electron chi connectivity index (χ4n) is 2.00. The maximum Gasteiger partial charge on any atom is 0.323 e. The van der Waals surface area contributed by atoms with E-state index in [2.05, 4.69) is 0 Å². The van der Waals surface area contributed by atoms with E-state index in [0.29, 0.717) is 13.1 Å². The van der Waals surface area contributed by atoms with Crippen molar-refractivity contribution in [1.82, 2.24) is 9.80 Å². The summed E-state index contributed by atoms with van der Waals surface area (Å²) >= 11 is 0. The molecule has 3 N–H and O–H groups in total. The first-order valence-corrected chi connectivity index (χ1v) is 6.04. The maximum absolute atomic E-state index is 12.1. The highest BCUT2D eigenvalue weighted by Gasteiger charge is 2.24. The molecule has 1 aliphatic heterocycles. The van der Waals surface area contributed by atoms with Gasteiger partial charge in [-0.2, -0.15) is 0 Å². The van der Waals surface area contributed by atoms with Gasteiger partial charge in [-0.1, -0.05) is 12.8 Å². The summed E-state index contributed by atoms with van der Waals surface area (Å²) in [6, 6.07) is -0.418. The Hall–Kier alpha value is -1.79. The largest absolute Gasteiger partial charge is 0.480 e. The van der Waals surface area contributed by atoms with Crippen LogP contribution in [-0.2, 0) is 9.59 Å². The number of carbonyl (C=O) groups is 3. The lowest BCUT2D eigenvalue weighted by Crippen LogP contribution is -2.48. The number of carboxylic acid groups (broad SMARTS) is 1. The first-order chi connectivity index (χ1) is 8.50. The number of urea groups is 1. The third-order valence-corrected chi connectivity index (χ3v) is 2.82. The van der Waals surface area contributed by atoms with Crippen molar-refractivity contribution in [3.8, 4) is 0 Å². The monoisotopic (exact) mass is 257 g/mol. The van der Waals surface area contributed by atoms with Gasteiger partial charge in [-0.15, -0.1) is 0 Å². The van der Waals surface area contributed by atoms with Crippen LogP contribution >= 0.6 is 0 Å². The quantitative estimate of drug-likeness (QED) is 0.731. The molecule has 3 amide bonds. The lowest BCUT2D eigenvalue weighted by atomic mass is 10.2. The lowest BCUT2D eigenvalue weighted by Gasteiger charge is -2.28. The normalized spacial score (nSPS) is 15.9. The molecule has 1 saturated heterocycles. The summed E-state index contributed by atoms with van der Waals surface area (Å²) in [6.07, 6.45) is 3.95. The molecule has 0 saturated carbocycles. The molecule has 0 aromatic heterocycles. The Labute approximate surface area is 106 Å². The average Bonchev–Trinajstić information content (AvgIpc) is 2.54. The Morgan fingerprint density at radius 2 is 1.61 bits per heavy atom. The van der Waals surface area contributed by atoms with Crippen LogP contribution in [0.5, 0.6) is 0 Å². The predicted molar refractivity (Wildman–Crippen MR) is 63.8 cm³/mol. The zero-order valence-electron chi connectivity index (χ0n) is 10.3. The van der Waals surface area contributed by atoms with Crippen molar-refractivity contribution in [3.05, 3.63) is 0 Å². The number of hydrogen-bond donors (Lipinski definition) is 2. The molecule has 1 fully saturated rings. The van der Waals surface area contributed by atoms with E-state index < -0.39 is 24.5 Å². The van der Waals surface area contributed by atoms with E-state index in [1.54, 1.807) is 4.90 Å². The molecule has 0 bridgehead atoms. The summed E-state index contributed by atoms with van der Waals surface area (Å²) in [7, 11) is 0. The van der Waals surface area contributed by atoms with Crippen LogP contribution in [0.1, 0.15) is 25.7 Å². The number of amides is 3. The van der Waals surface area contributed by atoms with E-state index in [9.17, 15) is 14.4 Å². The van der Waals surface area contributed by atoms with Crippen molar-refractivity contribution in [1.29, 1.82) is 0 Å². The van der Waals surface area contributed by atoms with Crippen LogP contribution in [0.2, 0.25) is 0 Å². The highest BCUT2D eigenvalue weighted by atomic mass is 16.4. The fourth-order valence-corrected chi connectivity index (χ4v) is 2.00. The average molecular weight is 257 g/mol. The van der Waals surface area contributed by atoms with Crippen molar-refractivity contribution >= 4 is 17.9 Å². The highest BCUT2D eigenvalue weighted by molar-refractivity contribution is 5.86. The molecule has 7 heteroatoms. The molecule has 0 aliphatic carbocycles. The van der Waals surface area contributed by atoms with Gasteiger partial charge in [0.25, 0.3) is 0 Å². The second kappa shape index (κ2) is 6.83. The molecule has 1 heterocycles. The number of likely N-dealkylation sites (tertiary alicyclic amines) is 1. The molecule has 1 aliphatic rings. The summed E-state index contributed by atoms with van der Waals surface area (Å²) in [5.41, 5.74) is 5.02. The number of primary amides is 1. The van der Waals surface area contributed by atoms with Crippen molar-refractivity contribution in [2.75, 3.05) is 26.2 Å². The van der Waals surface area contributed by atoms with Crippen LogP contribution in [0.3, 0.4) is 0 Å². The lowest BCUT2D eigenvalue weighted by molar-refractivity contribution is -0.138. The van der Waals surface area contributed by atoms with Crippen LogP contribution in [0.15, 0.2) is 0 Å². The van der Waals surface area contributed by atoms with Crippen molar-refractivity contribution in [2.45, 2.75) is 25.7 Å². The van der Waals surface area contributed by atoms with Crippen molar-refractivity contribution in [2.24, 2.45) is 5.73 Å². The van der Waals surface area contributed by atoms with E-state index in [0.717, 1.165) is 30.6 Å². The maximum atomic E-state index is 12.1. The first kappa shape index (κ1) is 14.3. The van der Waals surface area contributed by atoms with E-state index >= 15 is 0 Å². The Bertz CT molecular complexity index is 308. The Balaban J connectivity index is 2.66.